The van der Waals surface area contributed by atoms with Crippen LogP contribution in [0.5, 0.6) is 11.5 Å². The highest BCUT2D eigenvalue weighted by molar-refractivity contribution is 5.80. The Balaban J connectivity index is 2.17. The number of ether oxygens (including phenoxy) is 2. The summed E-state index contributed by atoms with van der Waals surface area (Å²) in [7, 11) is 3.32. The van der Waals surface area contributed by atoms with Gasteiger partial charge in [0, 0.05) is 7.05 Å². The molecule has 0 aliphatic rings. The molecule has 1 atom stereocenters. The number of hydrogen-bond acceptors (Lipinski definition) is 5. The van der Waals surface area contributed by atoms with Gasteiger partial charge in [0.25, 0.3) is 5.91 Å². The van der Waals surface area contributed by atoms with Crippen molar-refractivity contribution in [3.8, 4) is 11.5 Å². The second-order valence-electron chi connectivity index (χ2n) is 6.59. The minimum Gasteiger partial charge on any atom is -0.497 e. The number of carbonyl (C=O) groups is 2. The molecule has 0 bridgehead atoms. The Morgan fingerprint density at radius 1 is 1.33 bits per heavy atom. The molecule has 0 spiro atoms. The van der Waals surface area contributed by atoms with E-state index in [0.29, 0.717) is 22.8 Å². The van der Waals surface area contributed by atoms with Gasteiger partial charge in [-0.25, -0.2) is 0 Å². The summed E-state index contributed by atoms with van der Waals surface area (Å²) in [5, 5.41) is 16.3. The largest absolute Gasteiger partial charge is 0.497 e. The number of rotatable bonds is 8. The molecule has 146 valence electrons. The molecule has 1 amide bonds. The number of carboxylic acids is 1. The Morgan fingerprint density at radius 2 is 2.04 bits per heavy atom. The number of aromatic nitrogens is 2. The van der Waals surface area contributed by atoms with Crippen molar-refractivity contribution < 1.29 is 24.2 Å². The number of carboxylic acid groups (broad SMARTS) is 1. The van der Waals surface area contributed by atoms with E-state index in [-0.39, 0.29) is 13.0 Å². The van der Waals surface area contributed by atoms with Crippen LogP contribution in [0.2, 0.25) is 0 Å². The fraction of sp³-hybridized carbons (Fsp3) is 0.421. The van der Waals surface area contributed by atoms with Crippen molar-refractivity contribution in [2.45, 2.75) is 32.7 Å². The molecule has 27 heavy (non-hydrogen) atoms. The average Bonchev–Trinajstić information content (AvgIpc) is 2.84. The molecule has 0 radical (unpaired) electrons. The molecule has 2 rings (SSSR count). The Morgan fingerprint density at radius 3 is 2.59 bits per heavy atom. The van der Waals surface area contributed by atoms with Gasteiger partial charge in [-0.1, -0.05) is 12.1 Å². The van der Waals surface area contributed by atoms with Gasteiger partial charge in [0.15, 0.2) is 12.4 Å². The third-order valence-corrected chi connectivity index (χ3v) is 4.42. The number of carbonyl (C=O) groups excluding carboxylic acids is 1. The number of aryl methyl sites for hydroxylation is 2. The topological polar surface area (TPSA) is 103 Å². The summed E-state index contributed by atoms with van der Waals surface area (Å²) < 4.78 is 12.5. The van der Waals surface area contributed by atoms with Crippen LogP contribution in [0.1, 0.15) is 30.3 Å². The maximum Gasteiger partial charge on any atom is 0.306 e. The first-order valence-corrected chi connectivity index (χ1v) is 8.46. The number of nitrogens with one attached hydrogen (secondary N) is 1. The van der Waals surface area contributed by atoms with E-state index in [4.69, 9.17) is 9.47 Å². The third-order valence-electron chi connectivity index (χ3n) is 4.42. The molecule has 0 saturated carbocycles. The summed E-state index contributed by atoms with van der Waals surface area (Å²) in [6.07, 6.45) is -0.281. The van der Waals surface area contributed by atoms with Crippen LogP contribution >= 0.6 is 0 Å². The number of hydrogen-bond donors (Lipinski definition) is 2. The molecule has 8 nitrogen and oxygen atoms in total. The molecular weight excluding hydrogens is 350 g/mol. The van der Waals surface area contributed by atoms with Gasteiger partial charge < -0.3 is 19.9 Å². The number of aliphatic carboxylic acids is 1. The molecule has 1 aromatic carbocycles. The smallest absolute Gasteiger partial charge is 0.306 e. The van der Waals surface area contributed by atoms with Crippen LogP contribution in [0.25, 0.3) is 0 Å². The van der Waals surface area contributed by atoms with Gasteiger partial charge in [-0.2, -0.15) is 5.10 Å². The van der Waals surface area contributed by atoms with E-state index in [0.717, 1.165) is 5.69 Å². The van der Waals surface area contributed by atoms with Crippen molar-refractivity contribution >= 4 is 11.9 Å². The minimum atomic E-state index is -1.11. The molecule has 1 aromatic heterocycles. The van der Waals surface area contributed by atoms with E-state index in [1.807, 2.05) is 6.92 Å². The lowest BCUT2D eigenvalue weighted by atomic mass is 9.88. The first-order chi connectivity index (χ1) is 12.7. The van der Waals surface area contributed by atoms with Gasteiger partial charge in [0.1, 0.15) is 11.4 Å². The summed E-state index contributed by atoms with van der Waals surface area (Å²) in [6, 6.07) is 6.96. The van der Waals surface area contributed by atoms with Crippen LogP contribution in [0, 0.1) is 13.8 Å². The molecule has 2 N–H and O–H groups in total. The molecule has 0 aliphatic carbocycles. The maximum atomic E-state index is 12.5. The quantitative estimate of drug-likeness (QED) is 0.731. The molecule has 0 fully saturated rings. The van der Waals surface area contributed by atoms with Gasteiger partial charge in [0.2, 0.25) is 0 Å². The van der Waals surface area contributed by atoms with Crippen molar-refractivity contribution in [2.24, 2.45) is 7.05 Å². The molecule has 0 aliphatic heterocycles. The first kappa shape index (κ1) is 20.3. The fourth-order valence-electron chi connectivity index (χ4n) is 2.93. The Labute approximate surface area is 158 Å². The van der Waals surface area contributed by atoms with Crippen LogP contribution in [0.4, 0.5) is 0 Å². The summed E-state index contributed by atoms with van der Waals surface area (Å²) in [5.74, 6) is -0.324. The lowest BCUT2D eigenvalue weighted by Crippen LogP contribution is -2.46. The zero-order valence-corrected chi connectivity index (χ0v) is 16.2. The molecule has 1 unspecified atom stereocenters. The predicted molar refractivity (Wildman–Crippen MR) is 98.9 cm³/mol. The fourth-order valence-corrected chi connectivity index (χ4v) is 2.93. The second-order valence-corrected chi connectivity index (χ2v) is 6.59. The number of amides is 1. The van der Waals surface area contributed by atoms with E-state index in [9.17, 15) is 14.7 Å². The van der Waals surface area contributed by atoms with E-state index in [1.165, 1.54) is 7.11 Å². The lowest BCUT2D eigenvalue weighted by Gasteiger charge is -2.30. The molecule has 8 heteroatoms. The van der Waals surface area contributed by atoms with Gasteiger partial charge in [-0.05, 0) is 38.5 Å². The van der Waals surface area contributed by atoms with E-state index < -0.39 is 17.4 Å². The van der Waals surface area contributed by atoms with E-state index >= 15 is 0 Å². The van der Waals surface area contributed by atoms with Gasteiger partial charge >= 0.3 is 5.97 Å². The Bertz CT molecular complexity index is 846. The molecular formula is C19H25N3O5. The summed E-state index contributed by atoms with van der Waals surface area (Å²) in [5.41, 5.74) is 1.01. The zero-order valence-electron chi connectivity index (χ0n) is 16.2. The van der Waals surface area contributed by atoms with Crippen molar-refractivity contribution in [3.63, 3.8) is 0 Å². The number of methoxy groups -OCH3 is 1. The summed E-state index contributed by atoms with van der Waals surface area (Å²) >= 11 is 0. The van der Waals surface area contributed by atoms with Gasteiger partial charge in [-0.3, -0.25) is 14.3 Å². The highest BCUT2D eigenvalue weighted by atomic mass is 16.5. The normalized spacial score (nSPS) is 12.9. The monoisotopic (exact) mass is 375 g/mol. The Kier molecular flexibility index (Phi) is 6.09. The third kappa shape index (κ3) is 4.78. The average molecular weight is 375 g/mol. The van der Waals surface area contributed by atoms with E-state index in [2.05, 4.69) is 10.4 Å². The second kappa shape index (κ2) is 8.11. The summed E-state index contributed by atoms with van der Waals surface area (Å²) in [4.78, 5) is 23.9. The molecule has 0 saturated heterocycles. The SMILES string of the molecule is COc1cccc(C(C)(CC(=O)O)NC(=O)COc2c(C)nn(C)c2C)c1. The Hall–Kier alpha value is -3.03. The first-order valence-electron chi connectivity index (χ1n) is 8.46. The van der Waals surface area contributed by atoms with Crippen LogP contribution in [0.15, 0.2) is 24.3 Å². The van der Waals surface area contributed by atoms with Crippen LogP contribution < -0.4 is 14.8 Å². The van der Waals surface area contributed by atoms with Crippen LogP contribution in [-0.2, 0) is 22.2 Å². The predicted octanol–water partition coefficient (Wildman–Crippen LogP) is 1.93. The molecule has 2 aromatic rings. The summed E-state index contributed by atoms with van der Waals surface area (Å²) in [6.45, 7) is 5.06. The van der Waals surface area contributed by atoms with Crippen LogP contribution in [0.3, 0.4) is 0 Å². The van der Waals surface area contributed by atoms with Crippen molar-refractivity contribution in [3.05, 3.63) is 41.2 Å². The van der Waals surface area contributed by atoms with E-state index in [1.54, 1.807) is 49.8 Å². The standard InChI is InChI=1S/C19H25N3O5/c1-12-18(13(2)22(4)21-12)27-11-16(23)20-19(3,10-17(24)25)14-7-6-8-15(9-14)26-5/h6-9H,10-11H2,1-5H3,(H,20,23)(H,24,25). The van der Waals surface area contributed by atoms with Gasteiger partial charge in [-0.15, -0.1) is 0 Å². The highest BCUT2D eigenvalue weighted by Crippen LogP contribution is 2.28. The minimum absolute atomic E-state index is 0.244. The molecule has 1 heterocycles. The van der Waals surface area contributed by atoms with Crippen molar-refractivity contribution in [2.75, 3.05) is 13.7 Å². The lowest BCUT2D eigenvalue weighted by molar-refractivity contribution is -0.139. The van der Waals surface area contributed by atoms with Crippen molar-refractivity contribution in [1.82, 2.24) is 15.1 Å². The number of benzene rings is 1. The maximum absolute atomic E-state index is 12.5. The highest BCUT2D eigenvalue weighted by Gasteiger charge is 2.32. The number of nitrogens with zero attached hydrogens (tertiary/aromatic N) is 2. The van der Waals surface area contributed by atoms with Gasteiger partial charge in [0.05, 0.1) is 24.8 Å². The van der Waals surface area contributed by atoms with Crippen molar-refractivity contribution in [1.29, 1.82) is 0 Å². The van der Waals surface area contributed by atoms with Crippen LogP contribution in [-0.4, -0.2) is 40.5 Å². The zero-order chi connectivity index (χ0) is 20.2.